The van der Waals surface area contributed by atoms with E-state index in [-0.39, 0.29) is 23.4 Å². The van der Waals surface area contributed by atoms with Crippen molar-refractivity contribution in [1.29, 1.82) is 0 Å². The molecule has 3 rings (SSSR count). The first-order valence-corrected chi connectivity index (χ1v) is 9.99. The second-order valence-electron chi connectivity index (χ2n) is 6.67. The molecule has 2 aliphatic heterocycles. The van der Waals surface area contributed by atoms with Crippen molar-refractivity contribution in [2.45, 2.75) is 37.6 Å². The molecule has 0 aliphatic carbocycles. The van der Waals surface area contributed by atoms with Crippen LogP contribution in [-0.2, 0) is 31.5 Å². The van der Waals surface area contributed by atoms with Crippen LogP contribution in [0.2, 0.25) is 0 Å². The number of hydrogen-bond acceptors (Lipinski definition) is 4. The van der Waals surface area contributed by atoms with Gasteiger partial charge in [-0.1, -0.05) is 0 Å². The fraction of sp³-hybridized carbons (Fsp3) is 0.588. The highest BCUT2D eigenvalue weighted by Gasteiger charge is 2.37. The molecular formula is C17H21F2NO4S. The number of carbonyl (C=O) groups is 1. The summed E-state index contributed by atoms with van der Waals surface area (Å²) in [5.41, 5.74) is -1.08. The molecule has 0 amide bonds. The molecule has 0 aromatic heterocycles. The smallest absolute Gasteiger partial charge is 0.214 e. The molecule has 0 spiro atoms. The topological polar surface area (TPSA) is 63.7 Å². The van der Waals surface area contributed by atoms with E-state index in [1.165, 1.54) is 4.31 Å². The van der Waals surface area contributed by atoms with Crippen molar-refractivity contribution < 1.29 is 26.7 Å². The zero-order valence-electron chi connectivity index (χ0n) is 13.8. The van der Waals surface area contributed by atoms with Gasteiger partial charge in [0.2, 0.25) is 10.0 Å². The summed E-state index contributed by atoms with van der Waals surface area (Å²) >= 11 is 0. The summed E-state index contributed by atoms with van der Waals surface area (Å²) in [6.07, 6.45) is 2.55. The van der Waals surface area contributed by atoms with Gasteiger partial charge in [0.25, 0.3) is 0 Å². The van der Waals surface area contributed by atoms with Crippen LogP contribution in [-0.4, -0.2) is 44.5 Å². The summed E-state index contributed by atoms with van der Waals surface area (Å²) in [6.45, 7) is 0.741. The summed E-state index contributed by atoms with van der Waals surface area (Å²) in [6, 6.07) is 2.07. The maximum Gasteiger partial charge on any atom is 0.214 e. The maximum absolute atomic E-state index is 14.7. The molecule has 2 aliphatic rings. The molecule has 1 aromatic rings. The quantitative estimate of drug-likeness (QED) is 0.759. The van der Waals surface area contributed by atoms with E-state index in [1.54, 1.807) is 0 Å². The van der Waals surface area contributed by atoms with Crippen molar-refractivity contribution in [1.82, 2.24) is 4.31 Å². The molecule has 2 saturated heterocycles. The van der Waals surface area contributed by atoms with Crippen LogP contribution in [0.1, 0.15) is 36.8 Å². The zero-order chi connectivity index (χ0) is 18.1. The molecule has 0 bridgehead atoms. The van der Waals surface area contributed by atoms with Gasteiger partial charge < -0.3 is 9.53 Å². The van der Waals surface area contributed by atoms with Crippen LogP contribution in [0.15, 0.2) is 12.1 Å². The van der Waals surface area contributed by atoms with Gasteiger partial charge in [-0.05, 0) is 37.8 Å². The number of nitrogens with zero attached hydrogens (tertiary/aromatic N) is 1. The monoisotopic (exact) mass is 373 g/mol. The van der Waals surface area contributed by atoms with Crippen molar-refractivity contribution in [3.63, 3.8) is 0 Å². The number of aldehydes is 1. The van der Waals surface area contributed by atoms with Gasteiger partial charge in [-0.2, -0.15) is 4.31 Å². The van der Waals surface area contributed by atoms with E-state index >= 15 is 0 Å². The normalized spacial score (nSPS) is 23.3. The Labute approximate surface area is 146 Å². The van der Waals surface area contributed by atoms with Crippen molar-refractivity contribution in [3.8, 4) is 0 Å². The SMILES string of the molecule is O=CC1(c2cc(F)c(CN3CCCCS3(=O)=O)cc2F)CCOCC1. The molecule has 25 heavy (non-hydrogen) atoms. The van der Waals surface area contributed by atoms with Crippen LogP contribution in [0.25, 0.3) is 0 Å². The molecule has 0 unspecified atom stereocenters. The van der Waals surface area contributed by atoms with Gasteiger partial charge in [-0.15, -0.1) is 0 Å². The Balaban J connectivity index is 1.91. The van der Waals surface area contributed by atoms with E-state index in [0.717, 1.165) is 12.1 Å². The minimum Gasteiger partial charge on any atom is -0.381 e. The molecule has 0 atom stereocenters. The van der Waals surface area contributed by atoms with Crippen LogP contribution in [0.5, 0.6) is 0 Å². The van der Waals surface area contributed by atoms with Gasteiger partial charge in [-0.3, -0.25) is 0 Å². The second-order valence-corrected chi connectivity index (χ2v) is 8.75. The van der Waals surface area contributed by atoms with Crippen molar-refractivity contribution >= 4 is 16.3 Å². The Kier molecular flexibility index (Phi) is 5.22. The first kappa shape index (κ1) is 18.4. The molecule has 8 heteroatoms. The Morgan fingerprint density at radius 2 is 1.88 bits per heavy atom. The summed E-state index contributed by atoms with van der Waals surface area (Å²) in [5.74, 6) is -1.34. The molecule has 2 fully saturated rings. The number of rotatable bonds is 4. The first-order valence-electron chi connectivity index (χ1n) is 8.38. The van der Waals surface area contributed by atoms with Crippen molar-refractivity contribution in [2.24, 2.45) is 0 Å². The number of hydrogen-bond donors (Lipinski definition) is 0. The third-order valence-corrected chi connectivity index (χ3v) is 6.99. The number of ether oxygens (including phenoxy) is 1. The summed E-state index contributed by atoms with van der Waals surface area (Å²) in [7, 11) is -3.43. The number of halogens is 2. The fourth-order valence-corrected chi connectivity index (χ4v) is 5.06. The highest BCUT2D eigenvalue weighted by molar-refractivity contribution is 7.89. The Hall–Kier alpha value is -1.38. The van der Waals surface area contributed by atoms with Crippen LogP contribution in [0, 0.1) is 11.6 Å². The second kappa shape index (κ2) is 7.09. The average Bonchev–Trinajstić information content (AvgIpc) is 2.60. The van der Waals surface area contributed by atoms with E-state index in [2.05, 4.69) is 0 Å². The molecule has 1 aromatic carbocycles. The third-order valence-electron chi connectivity index (χ3n) is 5.08. The van der Waals surface area contributed by atoms with Crippen LogP contribution in [0.3, 0.4) is 0 Å². The minimum atomic E-state index is -3.43. The molecule has 0 N–H and O–H groups in total. The molecule has 0 saturated carbocycles. The van der Waals surface area contributed by atoms with Gasteiger partial charge in [-0.25, -0.2) is 17.2 Å². The van der Waals surface area contributed by atoms with Crippen LogP contribution < -0.4 is 0 Å². The van der Waals surface area contributed by atoms with Gasteiger partial charge in [0, 0.05) is 37.4 Å². The highest BCUT2D eigenvalue weighted by atomic mass is 32.2. The lowest BCUT2D eigenvalue weighted by molar-refractivity contribution is -0.116. The standard InChI is InChI=1S/C17H21F2NO4S/c18-15-10-14(17(12-21)3-6-24-7-4-17)16(19)9-13(15)11-20-5-1-2-8-25(20,22)23/h9-10,12H,1-8,11H2. The lowest BCUT2D eigenvalue weighted by Crippen LogP contribution is -2.38. The zero-order valence-corrected chi connectivity index (χ0v) is 14.7. The van der Waals surface area contributed by atoms with Crippen molar-refractivity contribution in [2.75, 3.05) is 25.5 Å². The number of benzene rings is 1. The van der Waals surface area contributed by atoms with E-state index < -0.39 is 27.1 Å². The van der Waals surface area contributed by atoms with Gasteiger partial charge in [0.15, 0.2) is 0 Å². The summed E-state index contributed by atoms with van der Waals surface area (Å²) in [5, 5.41) is 0. The third kappa shape index (κ3) is 3.61. The molecular weight excluding hydrogens is 352 g/mol. The van der Waals surface area contributed by atoms with Gasteiger partial charge >= 0.3 is 0 Å². The maximum atomic E-state index is 14.7. The van der Waals surface area contributed by atoms with E-state index in [1.807, 2.05) is 0 Å². The number of carbonyl (C=O) groups excluding carboxylic acids is 1. The lowest BCUT2D eigenvalue weighted by Gasteiger charge is -2.33. The lowest BCUT2D eigenvalue weighted by atomic mass is 9.75. The minimum absolute atomic E-state index is 0.0140. The average molecular weight is 373 g/mol. The predicted octanol–water partition coefficient (Wildman–Crippen LogP) is 2.14. The van der Waals surface area contributed by atoms with Crippen LogP contribution >= 0.6 is 0 Å². The Morgan fingerprint density at radius 3 is 2.52 bits per heavy atom. The number of sulfonamides is 1. The summed E-state index contributed by atoms with van der Waals surface area (Å²) in [4.78, 5) is 11.6. The van der Waals surface area contributed by atoms with E-state index in [9.17, 15) is 22.0 Å². The molecule has 2 heterocycles. The predicted molar refractivity (Wildman–Crippen MR) is 87.6 cm³/mol. The van der Waals surface area contributed by atoms with Crippen LogP contribution in [0.4, 0.5) is 8.78 Å². The van der Waals surface area contributed by atoms with Crippen molar-refractivity contribution in [3.05, 3.63) is 34.9 Å². The van der Waals surface area contributed by atoms with Gasteiger partial charge in [0.05, 0.1) is 11.2 Å². The molecule has 0 radical (unpaired) electrons. The summed E-state index contributed by atoms with van der Waals surface area (Å²) < 4.78 is 59.7. The van der Waals surface area contributed by atoms with E-state index in [4.69, 9.17) is 4.74 Å². The first-order chi connectivity index (χ1) is 11.9. The van der Waals surface area contributed by atoms with E-state index in [0.29, 0.717) is 51.7 Å². The Morgan fingerprint density at radius 1 is 1.16 bits per heavy atom. The van der Waals surface area contributed by atoms with Gasteiger partial charge in [0.1, 0.15) is 17.9 Å². The molecule has 138 valence electrons. The Bertz CT molecular complexity index is 760. The fourth-order valence-electron chi connectivity index (χ4n) is 3.49. The molecule has 5 nitrogen and oxygen atoms in total. The highest BCUT2D eigenvalue weighted by Crippen LogP contribution is 2.36. The largest absolute Gasteiger partial charge is 0.381 e.